The molecule has 0 amide bonds. The number of benzene rings is 2. The highest BCUT2D eigenvalue weighted by molar-refractivity contribution is 5.85. The van der Waals surface area contributed by atoms with E-state index >= 15 is 0 Å². The molecule has 5 heteroatoms. The van der Waals surface area contributed by atoms with E-state index in [2.05, 4.69) is 24.9 Å². The van der Waals surface area contributed by atoms with Gasteiger partial charge in [0.15, 0.2) is 11.5 Å². The highest BCUT2D eigenvalue weighted by Gasteiger charge is 2.22. The van der Waals surface area contributed by atoms with Gasteiger partial charge >= 0.3 is 0 Å². The molecule has 152 valence electrons. The second-order valence-electron chi connectivity index (χ2n) is 7.06. The van der Waals surface area contributed by atoms with Crippen molar-refractivity contribution in [1.29, 1.82) is 5.26 Å². The van der Waals surface area contributed by atoms with Crippen molar-refractivity contribution in [3.05, 3.63) is 83.4 Å². The number of methoxy groups -OCH3 is 1. The minimum atomic E-state index is -0.322. The Morgan fingerprint density at radius 2 is 1.97 bits per heavy atom. The van der Waals surface area contributed by atoms with Crippen molar-refractivity contribution in [2.45, 2.75) is 26.4 Å². The Balaban J connectivity index is 2.25. The van der Waals surface area contributed by atoms with Gasteiger partial charge in [0.25, 0.3) is 0 Å². The summed E-state index contributed by atoms with van der Waals surface area (Å²) in [6.07, 6.45) is 6.65. The van der Waals surface area contributed by atoms with E-state index < -0.39 is 0 Å². The van der Waals surface area contributed by atoms with E-state index in [-0.39, 0.29) is 11.7 Å². The van der Waals surface area contributed by atoms with Crippen molar-refractivity contribution in [2.24, 2.45) is 0 Å². The van der Waals surface area contributed by atoms with Gasteiger partial charge in [-0.3, -0.25) is 4.98 Å². The van der Waals surface area contributed by atoms with Gasteiger partial charge in [-0.2, -0.15) is 5.26 Å². The van der Waals surface area contributed by atoms with E-state index in [4.69, 9.17) is 14.7 Å². The molecule has 30 heavy (non-hydrogen) atoms. The molecule has 2 aromatic carbocycles. The van der Waals surface area contributed by atoms with Gasteiger partial charge in [-0.25, -0.2) is 4.39 Å². The number of hydrogen-bond donors (Lipinski definition) is 0. The number of hydrogen-bond acceptors (Lipinski definition) is 4. The molecule has 1 heterocycles. The Labute approximate surface area is 176 Å². The molecule has 4 nitrogen and oxygen atoms in total. The number of rotatable bonds is 7. The number of aromatic nitrogens is 1. The highest BCUT2D eigenvalue weighted by atomic mass is 19.1. The number of ether oxygens (including phenoxy) is 2. The zero-order valence-electron chi connectivity index (χ0n) is 17.2. The van der Waals surface area contributed by atoms with Crippen molar-refractivity contribution >= 4 is 6.08 Å². The summed E-state index contributed by atoms with van der Waals surface area (Å²) in [5, 5.41) is 9.13. The monoisotopic (exact) mass is 402 g/mol. The summed E-state index contributed by atoms with van der Waals surface area (Å²) in [6, 6.07) is 14.0. The van der Waals surface area contributed by atoms with Crippen LogP contribution >= 0.6 is 0 Å². The average Bonchev–Trinajstić information content (AvgIpc) is 2.76. The number of pyridine rings is 1. The number of nitrogens with zero attached hydrogens (tertiary/aromatic N) is 2. The molecular formula is C25H23FN2O2. The Morgan fingerprint density at radius 3 is 2.57 bits per heavy atom. The SMILES string of the molecule is COc1cc(C(C)C)c(C=CC#N)c(-c2ccc(F)cc2)c1OCc1cccnc1. The van der Waals surface area contributed by atoms with Gasteiger partial charge in [0.1, 0.15) is 12.4 Å². The largest absolute Gasteiger partial charge is 0.493 e. The fourth-order valence-electron chi connectivity index (χ4n) is 3.29. The van der Waals surface area contributed by atoms with E-state index in [1.165, 1.54) is 18.2 Å². The van der Waals surface area contributed by atoms with Crippen LogP contribution in [0.5, 0.6) is 11.5 Å². The molecule has 0 unspecified atom stereocenters. The fraction of sp³-hybridized carbons (Fsp3) is 0.200. The third kappa shape index (κ3) is 4.66. The van der Waals surface area contributed by atoms with Crippen LogP contribution in [0.4, 0.5) is 4.39 Å². The van der Waals surface area contributed by atoms with E-state index in [1.54, 1.807) is 37.7 Å². The fourth-order valence-corrected chi connectivity index (χ4v) is 3.29. The highest BCUT2D eigenvalue weighted by Crippen LogP contribution is 2.45. The lowest BCUT2D eigenvalue weighted by Gasteiger charge is -2.22. The molecule has 0 fully saturated rings. The van der Waals surface area contributed by atoms with Crippen LogP contribution in [0.15, 0.2) is 60.9 Å². The van der Waals surface area contributed by atoms with Gasteiger partial charge in [0, 0.05) is 29.6 Å². The van der Waals surface area contributed by atoms with Crippen LogP contribution in [0, 0.1) is 17.1 Å². The van der Waals surface area contributed by atoms with Gasteiger partial charge in [-0.15, -0.1) is 0 Å². The summed E-state index contributed by atoms with van der Waals surface area (Å²) in [6.45, 7) is 4.44. The number of halogens is 1. The van der Waals surface area contributed by atoms with Crippen molar-refractivity contribution < 1.29 is 13.9 Å². The maximum absolute atomic E-state index is 13.6. The van der Waals surface area contributed by atoms with Crippen LogP contribution in [-0.2, 0) is 6.61 Å². The summed E-state index contributed by atoms with van der Waals surface area (Å²) in [5.74, 6) is 0.965. The van der Waals surface area contributed by atoms with E-state index in [9.17, 15) is 4.39 Å². The quantitative estimate of drug-likeness (QED) is 0.446. The molecule has 0 aliphatic heterocycles. The van der Waals surface area contributed by atoms with E-state index in [1.807, 2.05) is 18.2 Å². The minimum Gasteiger partial charge on any atom is -0.493 e. The van der Waals surface area contributed by atoms with E-state index in [0.29, 0.717) is 18.1 Å². The first-order chi connectivity index (χ1) is 14.5. The molecule has 0 saturated heterocycles. The second kappa shape index (κ2) is 9.71. The van der Waals surface area contributed by atoms with Crippen molar-refractivity contribution in [3.63, 3.8) is 0 Å². The van der Waals surface area contributed by atoms with Crippen LogP contribution < -0.4 is 9.47 Å². The topological polar surface area (TPSA) is 55.1 Å². The first kappa shape index (κ1) is 21.1. The molecule has 0 N–H and O–H groups in total. The zero-order valence-corrected chi connectivity index (χ0v) is 17.2. The third-order valence-corrected chi connectivity index (χ3v) is 4.72. The van der Waals surface area contributed by atoms with Crippen molar-refractivity contribution in [1.82, 2.24) is 4.98 Å². The summed E-state index contributed by atoms with van der Waals surface area (Å²) >= 11 is 0. The molecule has 0 atom stereocenters. The lowest BCUT2D eigenvalue weighted by molar-refractivity contribution is 0.285. The van der Waals surface area contributed by atoms with Crippen LogP contribution in [0.25, 0.3) is 17.2 Å². The lowest BCUT2D eigenvalue weighted by atomic mass is 9.88. The molecule has 0 saturated carbocycles. The maximum atomic E-state index is 13.6. The molecule has 0 aliphatic rings. The van der Waals surface area contributed by atoms with Crippen LogP contribution in [0.2, 0.25) is 0 Å². The number of allylic oxidation sites excluding steroid dienone is 1. The summed E-state index contributed by atoms with van der Waals surface area (Å²) < 4.78 is 25.5. The predicted molar refractivity (Wildman–Crippen MR) is 116 cm³/mol. The molecule has 3 rings (SSSR count). The Bertz CT molecular complexity index is 1070. The summed E-state index contributed by atoms with van der Waals surface area (Å²) in [7, 11) is 1.59. The Kier molecular flexibility index (Phi) is 6.82. The lowest BCUT2D eigenvalue weighted by Crippen LogP contribution is -2.04. The van der Waals surface area contributed by atoms with Crippen LogP contribution in [-0.4, -0.2) is 12.1 Å². The molecule has 0 spiro atoms. The molecule has 3 aromatic rings. The average molecular weight is 402 g/mol. The van der Waals surface area contributed by atoms with E-state index in [0.717, 1.165) is 27.8 Å². The molecule has 0 radical (unpaired) electrons. The van der Waals surface area contributed by atoms with Crippen molar-refractivity contribution in [2.75, 3.05) is 7.11 Å². The van der Waals surface area contributed by atoms with Gasteiger partial charge < -0.3 is 9.47 Å². The van der Waals surface area contributed by atoms with Crippen molar-refractivity contribution in [3.8, 4) is 28.7 Å². The van der Waals surface area contributed by atoms with Gasteiger partial charge in [0.2, 0.25) is 0 Å². The summed E-state index contributed by atoms with van der Waals surface area (Å²) in [5.41, 5.74) is 4.29. The first-order valence-electron chi connectivity index (χ1n) is 9.63. The summed E-state index contributed by atoms with van der Waals surface area (Å²) in [4.78, 5) is 4.13. The van der Waals surface area contributed by atoms with Crippen LogP contribution in [0.1, 0.15) is 36.5 Å². The van der Waals surface area contributed by atoms with Gasteiger partial charge in [0.05, 0.1) is 13.2 Å². The molecule has 0 aliphatic carbocycles. The molecular weight excluding hydrogens is 379 g/mol. The second-order valence-corrected chi connectivity index (χ2v) is 7.06. The Morgan fingerprint density at radius 1 is 1.20 bits per heavy atom. The van der Waals surface area contributed by atoms with Crippen LogP contribution in [0.3, 0.4) is 0 Å². The standard InChI is InChI=1S/C25H23FN2O2/c1-17(2)22-14-23(29-3)25(30-16-18-6-5-13-28-15-18)24(21(22)7-4-12-27)19-8-10-20(26)11-9-19/h4-11,13-15,17H,16H2,1-3H3. The smallest absolute Gasteiger partial charge is 0.170 e. The number of nitriles is 1. The molecule has 0 bridgehead atoms. The first-order valence-corrected chi connectivity index (χ1v) is 9.63. The predicted octanol–water partition coefficient (Wildman–Crippen LogP) is 6.14. The maximum Gasteiger partial charge on any atom is 0.170 e. The Hall–Kier alpha value is -3.65. The van der Waals surface area contributed by atoms with Gasteiger partial charge in [-0.05, 0) is 52.9 Å². The van der Waals surface area contributed by atoms with Gasteiger partial charge in [-0.1, -0.05) is 32.0 Å². The zero-order chi connectivity index (χ0) is 21.5. The third-order valence-electron chi connectivity index (χ3n) is 4.72. The normalized spacial score (nSPS) is 10.9. The minimum absolute atomic E-state index is 0.170. The molecule has 1 aromatic heterocycles.